The summed E-state index contributed by atoms with van der Waals surface area (Å²) in [6, 6.07) is 7.42. The largest absolute Gasteiger partial charge is 0.489 e. The van der Waals surface area contributed by atoms with Gasteiger partial charge in [-0.2, -0.15) is 0 Å². The van der Waals surface area contributed by atoms with E-state index in [0.29, 0.717) is 17.9 Å². The quantitative estimate of drug-likeness (QED) is 0.677. The number of hydrogen-bond donors (Lipinski definition) is 1. The minimum Gasteiger partial charge on any atom is -0.489 e. The highest BCUT2D eigenvalue weighted by Crippen LogP contribution is 2.18. The molecule has 1 atom stereocenters. The van der Waals surface area contributed by atoms with E-state index < -0.39 is 0 Å². The average molecular weight is 344 g/mol. The molecule has 5 nitrogen and oxygen atoms in total. The number of benzene rings is 1. The molecule has 0 bridgehead atoms. The monoisotopic (exact) mass is 344 g/mol. The Balaban J connectivity index is 1.92. The smallest absolute Gasteiger partial charge is 0.251 e. The first-order valence-electron chi connectivity index (χ1n) is 8.96. The number of nitrogens with one attached hydrogen (secondary N) is 1. The second kappa shape index (κ2) is 9.25. The second-order valence-corrected chi connectivity index (χ2v) is 6.49. The van der Waals surface area contributed by atoms with Gasteiger partial charge in [-0.3, -0.25) is 4.79 Å². The third-order valence-electron chi connectivity index (χ3n) is 4.28. The van der Waals surface area contributed by atoms with Gasteiger partial charge < -0.3 is 14.6 Å². The molecule has 2 aromatic rings. The third kappa shape index (κ3) is 5.62. The highest BCUT2D eigenvalue weighted by molar-refractivity contribution is 5.94. The molecular formula is C20H28N2O3. The Morgan fingerprint density at radius 3 is 2.80 bits per heavy atom. The molecule has 5 heteroatoms. The average Bonchev–Trinajstić information content (AvgIpc) is 2.91. The SMILES string of the molecule is CCCCC[C@@H](C)NC(=O)c1cccc(OCc2c(C)noc2C)c1. The van der Waals surface area contributed by atoms with Gasteiger partial charge in [-0.25, -0.2) is 0 Å². The number of ether oxygens (including phenoxy) is 1. The Morgan fingerprint density at radius 1 is 1.32 bits per heavy atom. The predicted molar refractivity (Wildman–Crippen MR) is 97.8 cm³/mol. The predicted octanol–water partition coefficient (Wildman–Crippen LogP) is 4.57. The summed E-state index contributed by atoms with van der Waals surface area (Å²) in [6.45, 7) is 8.35. The van der Waals surface area contributed by atoms with E-state index >= 15 is 0 Å². The van der Waals surface area contributed by atoms with E-state index in [1.807, 2.05) is 32.9 Å². The minimum absolute atomic E-state index is 0.0632. The Kier molecular flexibility index (Phi) is 7.04. The van der Waals surface area contributed by atoms with Crippen molar-refractivity contribution in [3.63, 3.8) is 0 Å². The number of carbonyl (C=O) groups is 1. The molecule has 0 aliphatic rings. The maximum Gasteiger partial charge on any atom is 0.251 e. The van der Waals surface area contributed by atoms with Gasteiger partial charge in [0.05, 0.1) is 11.3 Å². The van der Waals surface area contributed by atoms with Crippen LogP contribution in [0.25, 0.3) is 0 Å². The molecule has 1 N–H and O–H groups in total. The second-order valence-electron chi connectivity index (χ2n) is 6.49. The van der Waals surface area contributed by atoms with Crippen LogP contribution in [-0.2, 0) is 6.61 Å². The van der Waals surface area contributed by atoms with Crippen molar-refractivity contribution in [3.05, 3.63) is 46.8 Å². The van der Waals surface area contributed by atoms with Gasteiger partial charge in [0.15, 0.2) is 0 Å². The Morgan fingerprint density at radius 2 is 2.12 bits per heavy atom. The van der Waals surface area contributed by atoms with E-state index in [0.717, 1.165) is 29.9 Å². The maximum absolute atomic E-state index is 12.4. The number of aromatic nitrogens is 1. The number of carbonyl (C=O) groups excluding carboxylic acids is 1. The van der Waals surface area contributed by atoms with Crippen LogP contribution in [0.3, 0.4) is 0 Å². The van der Waals surface area contributed by atoms with Gasteiger partial charge in [0.2, 0.25) is 0 Å². The fourth-order valence-electron chi connectivity index (χ4n) is 2.67. The summed E-state index contributed by atoms with van der Waals surface area (Å²) in [5.74, 6) is 1.35. The molecule has 0 aliphatic heterocycles. The maximum atomic E-state index is 12.4. The van der Waals surface area contributed by atoms with Crippen LogP contribution in [0.1, 0.15) is 66.9 Å². The van der Waals surface area contributed by atoms with Gasteiger partial charge in [-0.1, -0.05) is 37.4 Å². The molecule has 0 saturated heterocycles. The molecule has 2 rings (SSSR count). The molecule has 25 heavy (non-hydrogen) atoms. The number of aryl methyl sites for hydroxylation is 2. The van der Waals surface area contributed by atoms with E-state index in [1.165, 1.54) is 12.8 Å². The summed E-state index contributed by atoms with van der Waals surface area (Å²) in [5, 5.41) is 6.97. The van der Waals surface area contributed by atoms with Crippen LogP contribution >= 0.6 is 0 Å². The summed E-state index contributed by atoms with van der Waals surface area (Å²) < 4.78 is 10.9. The molecule has 0 unspecified atom stereocenters. The molecule has 136 valence electrons. The van der Waals surface area contributed by atoms with Crippen molar-refractivity contribution in [3.8, 4) is 5.75 Å². The Hall–Kier alpha value is -2.30. The summed E-state index contributed by atoms with van der Waals surface area (Å²) in [4.78, 5) is 12.4. The summed E-state index contributed by atoms with van der Waals surface area (Å²) in [5.41, 5.74) is 2.38. The van der Waals surface area contributed by atoms with E-state index in [9.17, 15) is 4.79 Å². The van der Waals surface area contributed by atoms with Crippen LogP contribution in [0.5, 0.6) is 5.75 Å². The zero-order chi connectivity index (χ0) is 18.2. The zero-order valence-electron chi connectivity index (χ0n) is 15.6. The molecule has 0 fully saturated rings. The lowest BCUT2D eigenvalue weighted by Gasteiger charge is -2.14. The summed E-state index contributed by atoms with van der Waals surface area (Å²) in [7, 11) is 0. The zero-order valence-corrected chi connectivity index (χ0v) is 15.6. The number of rotatable bonds is 9. The lowest BCUT2D eigenvalue weighted by atomic mass is 10.1. The van der Waals surface area contributed by atoms with E-state index in [2.05, 4.69) is 17.4 Å². The fourth-order valence-corrected chi connectivity index (χ4v) is 2.67. The van der Waals surface area contributed by atoms with Crippen molar-refractivity contribution in [2.24, 2.45) is 0 Å². The molecule has 1 amide bonds. The van der Waals surface area contributed by atoms with Crippen molar-refractivity contribution in [2.75, 3.05) is 0 Å². The third-order valence-corrected chi connectivity index (χ3v) is 4.28. The lowest BCUT2D eigenvalue weighted by Crippen LogP contribution is -2.32. The topological polar surface area (TPSA) is 64.4 Å². The lowest BCUT2D eigenvalue weighted by molar-refractivity contribution is 0.0937. The van der Waals surface area contributed by atoms with Gasteiger partial charge in [-0.05, 0) is 45.4 Å². The van der Waals surface area contributed by atoms with E-state index in [1.54, 1.807) is 12.1 Å². The number of amides is 1. The standard InChI is InChI=1S/C20H28N2O3/c1-5-6-7-9-14(2)21-20(23)17-10-8-11-18(12-17)24-13-19-15(3)22-25-16(19)4/h8,10-12,14H,5-7,9,13H2,1-4H3,(H,21,23)/t14-/m1/s1. The molecule has 0 aliphatic carbocycles. The molecule has 0 saturated carbocycles. The summed E-state index contributed by atoms with van der Waals surface area (Å²) >= 11 is 0. The normalized spacial score (nSPS) is 12.0. The van der Waals surface area contributed by atoms with Gasteiger partial charge in [0.25, 0.3) is 5.91 Å². The Bertz CT molecular complexity index is 674. The molecule has 0 spiro atoms. The molecule has 0 radical (unpaired) electrons. The van der Waals surface area contributed by atoms with Crippen molar-refractivity contribution in [1.29, 1.82) is 0 Å². The van der Waals surface area contributed by atoms with E-state index in [-0.39, 0.29) is 11.9 Å². The van der Waals surface area contributed by atoms with Gasteiger partial charge in [0, 0.05) is 11.6 Å². The molecule has 1 heterocycles. The van der Waals surface area contributed by atoms with Crippen LogP contribution in [0.15, 0.2) is 28.8 Å². The number of nitrogens with zero attached hydrogens (tertiary/aromatic N) is 1. The van der Waals surface area contributed by atoms with Crippen LogP contribution < -0.4 is 10.1 Å². The fraction of sp³-hybridized carbons (Fsp3) is 0.500. The molecule has 1 aromatic heterocycles. The van der Waals surface area contributed by atoms with Crippen LogP contribution in [0, 0.1) is 13.8 Å². The van der Waals surface area contributed by atoms with Crippen molar-refractivity contribution in [2.45, 2.75) is 66.0 Å². The van der Waals surface area contributed by atoms with Gasteiger partial charge in [0.1, 0.15) is 18.1 Å². The van der Waals surface area contributed by atoms with Crippen molar-refractivity contribution >= 4 is 5.91 Å². The summed E-state index contributed by atoms with van der Waals surface area (Å²) in [6.07, 6.45) is 4.52. The van der Waals surface area contributed by atoms with E-state index in [4.69, 9.17) is 9.26 Å². The van der Waals surface area contributed by atoms with Crippen molar-refractivity contribution < 1.29 is 14.1 Å². The van der Waals surface area contributed by atoms with Crippen molar-refractivity contribution in [1.82, 2.24) is 10.5 Å². The van der Waals surface area contributed by atoms with Crippen LogP contribution in [-0.4, -0.2) is 17.1 Å². The van der Waals surface area contributed by atoms with Gasteiger partial charge >= 0.3 is 0 Å². The number of hydrogen-bond acceptors (Lipinski definition) is 4. The first-order valence-corrected chi connectivity index (χ1v) is 8.96. The molecule has 1 aromatic carbocycles. The first kappa shape index (κ1) is 19.0. The number of unbranched alkanes of at least 4 members (excludes halogenated alkanes) is 2. The van der Waals surface area contributed by atoms with Gasteiger partial charge in [-0.15, -0.1) is 0 Å². The molecular weight excluding hydrogens is 316 g/mol. The first-order chi connectivity index (χ1) is 12.0. The Labute approximate surface area is 149 Å². The highest BCUT2D eigenvalue weighted by Gasteiger charge is 2.12. The minimum atomic E-state index is -0.0632. The van der Waals surface area contributed by atoms with Crippen LogP contribution in [0.2, 0.25) is 0 Å². The van der Waals surface area contributed by atoms with Crippen LogP contribution in [0.4, 0.5) is 0 Å². The highest BCUT2D eigenvalue weighted by atomic mass is 16.5.